The van der Waals surface area contributed by atoms with E-state index in [1.807, 2.05) is 6.07 Å². The van der Waals surface area contributed by atoms with Crippen molar-refractivity contribution in [2.75, 3.05) is 43.0 Å². The molecule has 0 atom stereocenters. The smallest absolute Gasteiger partial charge is 0.0351 e. The van der Waals surface area contributed by atoms with Gasteiger partial charge in [0.15, 0.2) is 0 Å². The zero-order valence-corrected chi connectivity index (χ0v) is 11.7. The van der Waals surface area contributed by atoms with Crippen LogP contribution in [0.25, 0.3) is 0 Å². The lowest BCUT2D eigenvalue weighted by Gasteiger charge is -2.26. The first-order valence-electron chi connectivity index (χ1n) is 5.64. The van der Waals surface area contributed by atoms with Crippen LogP contribution in [0.4, 0.5) is 5.69 Å². The van der Waals surface area contributed by atoms with Crippen molar-refractivity contribution in [3.63, 3.8) is 0 Å². The lowest BCUT2D eigenvalue weighted by Crippen LogP contribution is -2.36. The Bertz CT molecular complexity index is 327. The van der Waals surface area contributed by atoms with Gasteiger partial charge in [0.05, 0.1) is 0 Å². The topological polar surface area (TPSA) is 15.3 Å². The van der Waals surface area contributed by atoms with Crippen molar-refractivity contribution in [2.24, 2.45) is 0 Å². The SMILES string of the molecule is Brc1cccc(NCCN2CCSCC2)c1. The maximum absolute atomic E-state index is 3.48. The van der Waals surface area contributed by atoms with Gasteiger partial charge in [-0.1, -0.05) is 22.0 Å². The highest BCUT2D eigenvalue weighted by molar-refractivity contribution is 9.10. The van der Waals surface area contributed by atoms with Crippen LogP contribution in [0.3, 0.4) is 0 Å². The molecule has 0 saturated carbocycles. The van der Waals surface area contributed by atoms with Crippen molar-refractivity contribution in [3.8, 4) is 0 Å². The van der Waals surface area contributed by atoms with Crippen LogP contribution in [0, 0.1) is 0 Å². The fraction of sp³-hybridized carbons (Fsp3) is 0.500. The average molecular weight is 301 g/mol. The molecule has 2 rings (SSSR count). The first kappa shape index (κ1) is 12.3. The van der Waals surface area contributed by atoms with E-state index in [0.717, 1.165) is 17.6 Å². The zero-order valence-electron chi connectivity index (χ0n) is 9.29. The molecule has 0 amide bonds. The number of benzene rings is 1. The summed E-state index contributed by atoms with van der Waals surface area (Å²) in [6, 6.07) is 8.33. The van der Waals surface area contributed by atoms with E-state index in [-0.39, 0.29) is 0 Å². The number of anilines is 1. The van der Waals surface area contributed by atoms with Gasteiger partial charge in [-0.15, -0.1) is 0 Å². The van der Waals surface area contributed by atoms with Crippen molar-refractivity contribution in [3.05, 3.63) is 28.7 Å². The summed E-state index contributed by atoms with van der Waals surface area (Å²) >= 11 is 5.54. The van der Waals surface area contributed by atoms with E-state index in [1.54, 1.807) is 0 Å². The quantitative estimate of drug-likeness (QED) is 0.920. The molecule has 2 nitrogen and oxygen atoms in total. The Kier molecular flexibility index (Phi) is 5.00. The van der Waals surface area contributed by atoms with Crippen LogP contribution in [-0.4, -0.2) is 42.6 Å². The molecule has 0 aromatic heterocycles. The highest BCUT2D eigenvalue weighted by atomic mass is 79.9. The van der Waals surface area contributed by atoms with Gasteiger partial charge in [0.1, 0.15) is 0 Å². The Labute approximate surface area is 110 Å². The standard InChI is InChI=1S/C12H17BrN2S/c13-11-2-1-3-12(10-11)14-4-5-15-6-8-16-9-7-15/h1-3,10,14H,4-9H2. The summed E-state index contributed by atoms with van der Waals surface area (Å²) in [5, 5.41) is 3.45. The third kappa shape index (κ3) is 4.00. The number of nitrogens with zero attached hydrogens (tertiary/aromatic N) is 1. The Morgan fingerprint density at radius 2 is 2.12 bits per heavy atom. The Hall–Kier alpha value is -0.190. The minimum atomic E-state index is 1.03. The van der Waals surface area contributed by atoms with Gasteiger partial charge in [-0.05, 0) is 18.2 Å². The molecule has 16 heavy (non-hydrogen) atoms. The van der Waals surface area contributed by atoms with Gasteiger partial charge < -0.3 is 5.32 Å². The number of hydrogen-bond donors (Lipinski definition) is 1. The molecule has 4 heteroatoms. The summed E-state index contributed by atoms with van der Waals surface area (Å²) in [7, 11) is 0. The molecule has 1 saturated heterocycles. The Morgan fingerprint density at radius 1 is 1.31 bits per heavy atom. The second-order valence-electron chi connectivity index (χ2n) is 3.89. The van der Waals surface area contributed by atoms with E-state index < -0.39 is 0 Å². The van der Waals surface area contributed by atoms with E-state index in [4.69, 9.17) is 0 Å². The molecule has 0 radical (unpaired) electrons. The third-order valence-electron chi connectivity index (χ3n) is 2.69. The van der Waals surface area contributed by atoms with E-state index in [2.05, 4.69) is 56.1 Å². The molecular weight excluding hydrogens is 284 g/mol. The van der Waals surface area contributed by atoms with E-state index in [0.29, 0.717) is 0 Å². The summed E-state index contributed by atoms with van der Waals surface area (Å²) in [6.07, 6.45) is 0. The fourth-order valence-corrected chi connectivity index (χ4v) is 3.16. The lowest BCUT2D eigenvalue weighted by molar-refractivity contribution is 0.314. The summed E-state index contributed by atoms with van der Waals surface area (Å²) in [4.78, 5) is 2.53. The molecule has 1 aromatic rings. The Morgan fingerprint density at radius 3 is 2.88 bits per heavy atom. The summed E-state index contributed by atoms with van der Waals surface area (Å²) in [5.74, 6) is 2.58. The van der Waals surface area contributed by atoms with Crippen molar-refractivity contribution < 1.29 is 0 Å². The first-order chi connectivity index (χ1) is 7.84. The molecule has 0 aliphatic carbocycles. The van der Waals surface area contributed by atoms with Gasteiger partial charge in [0, 0.05) is 47.8 Å². The minimum Gasteiger partial charge on any atom is -0.384 e. The van der Waals surface area contributed by atoms with E-state index >= 15 is 0 Å². The van der Waals surface area contributed by atoms with Gasteiger partial charge in [-0.3, -0.25) is 4.90 Å². The van der Waals surface area contributed by atoms with Crippen LogP contribution in [0.5, 0.6) is 0 Å². The lowest BCUT2D eigenvalue weighted by atomic mass is 10.3. The molecule has 88 valence electrons. The molecule has 1 aromatic carbocycles. The van der Waals surface area contributed by atoms with Crippen molar-refractivity contribution in [2.45, 2.75) is 0 Å². The monoisotopic (exact) mass is 300 g/mol. The molecule has 0 spiro atoms. The number of hydrogen-bond acceptors (Lipinski definition) is 3. The number of thioether (sulfide) groups is 1. The molecular formula is C12H17BrN2S. The highest BCUT2D eigenvalue weighted by Crippen LogP contribution is 2.15. The largest absolute Gasteiger partial charge is 0.384 e. The maximum Gasteiger partial charge on any atom is 0.0351 e. The van der Waals surface area contributed by atoms with Gasteiger partial charge in [0.2, 0.25) is 0 Å². The molecule has 0 unspecified atom stereocenters. The second-order valence-corrected chi connectivity index (χ2v) is 6.03. The minimum absolute atomic E-state index is 1.03. The summed E-state index contributed by atoms with van der Waals surface area (Å²) < 4.78 is 1.13. The average Bonchev–Trinajstić information content (AvgIpc) is 2.30. The number of rotatable bonds is 4. The van der Waals surface area contributed by atoms with Crippen LogP contribution >= 0.6 is 27.7 Å². The van der Waals surface area contributed by atoms with Gasteiger partial charge >= 0.3 is 0 Å². The van der Waals surface area contributed by atoms with Crippen molar-refractivity contribution in [1.29, 1.82) is 0 Å². The van der Waals surface area contributed by atoms with Crippen molar-refractivity contribution in [1.82, 2.24) is 4.90 Å². The summed E-state index contributed by atoms with van der Waals surface area (Å²) in [6.45, 7) is 4.66. The van der Waals surface area contributed by atoms with Crippen LogP contribution in [0.1, 0.15) is 0 Å². The predicted molar refractivity (Wildman–Crippen MR) is 76.4 cm³/mol. The van der Waals surface area contributed by atoms with Gasteiger partial charge in [-0.2, -0.15) is 11.8 Å². The maximum atomic E-state index is 3.48. The molecule has 1 aliphatic rings. The predicted octanol–water partition coefficient (Wildman–Crippen LogP) is 2.91. The third-order valence-corrected chi connectivity index (χ3v) is 4.12. The first-order valence-corrected chi connectivity index (χ1v) is 7.59. The van der Waals surface area contributed by atoms with Crippen molar-refractivity contribution >= 4 is 33.4 Å². The van der Waals surface area contributed by atoms with Gasteiger partial charge in [-0.25, -0.2) is 0 Å². The molecule has 1 aliphatic heterocycles. The van der Waals surface area contributed by atoms with Crippen LogP contribution < -0.4 is 5.32 Å². The Balaban J connectivity index is 1.71. The fourth-order valence-electron chi connectivity index (χ4n) is 1.78. The second kappa shape index (κ2) is 6.52. The molecule has 1 N–H and O–H groups in total. The van der Waals surface area contributed by atoms with E-state index in [1.165, 1.54) is 30.3 Å². The molecule has 1 heterocycles. The number of nitrogens with one attached hydrogen (secondary N) is 1. The van der Waals surface area contributed by atoms with E-state index in [9.17, 15) is 0 Å². The normalized spacial score (nSPS) is 17.3. The zero-order chi connectivity index (χ0) is 11.2. The van der Waals surface area contributed by atoms with Crippen LogP contribution in [-0.2, 0) is 0 Å². The van der Waals surface area contributed by atoms with Crippen LogP contribution in [0.15, 0.2) is 28.7 Å². The molecule has 1 fully saturated rings. The van der Waals surface area contributed by atoms with Gasteiger partial charge in [0.25, 0.3) is 0 Å². The molecule has 0 bridgehead atoms. The summed E-state index contributed by atoms with van der Waals surface area (Å²) in [5.41, 5.74) is 1.20. The van der Waals surface area contributed by atoms with Crippen LogP contribution in [0.2, 0.25) is 0 Å². The highest BCUT2D eigenvalue weighted by Gasteiger charge is 2.08. The number of halogens is 1.